The van der Waals surface area contributed by atoms with E-state index in [1.165, 1.54) is 0 Å². The minimum atomic E-state index is -0.507. The Hall–Kier alpha value is -0.970. The van der Waals surface area contributed by atoms with Crippen molar-refractivity contribution in [3.8, 4) is 0 Å². The first-order chi connectivity index (χ1) is 8.11. The molecule has 1 saturated heterocycles. The number of carbonyl (C=O) groups is 1. The van der Waals surface area contributed by atoms with Crippen LogP contribution in [0, 0.1) is 11.9 Å². The summed E-state index contributed by atoms with van der Waals surface area (Å²) in [6.45, 7) is 3.30. The van der Waals surface area contributed by atoms with E-state index in [2.05, 4.69) is 20.9 Å². The molecule has 0 bridgehead atoms. The van der Waals surface area contributed by atoms with Crippen LogP contribution in [0.25, 0.3) is 0 Å². The zero-order chi connectivity index (χ0) is 12.4. The summed E-state index contributed by atoms with van der Waals surface area (Å²) in [4.78, 5) is 17.4. The molecule has 0 amide bonds. The topological polar surface area (TPSA) is 33.2 Å². The molecule has 0 radical (unpaired) electrons. The molecule has 0 aromatic carbocycles. The zero-order valence-corrected chi connectivity index (χ0v) is 11.2. The van der Waals surface area contributed by atoms with Crippen molar-refractivity contribution in [2.75, 3.05) is 18.0 Å². The van der Waals surface area contributed by atoms with Crippen LogP contribution in [0.2, 0.25) is 0 Å². The van der Waals surface area contributed by atoms with Crippen molar-refractivity contribution in [3.63, 3.8) is 0 Å². The fraction of sp³-hybridized carbons (Fsp3) is 0.500. The number of nitrogens with zero attached hydrogens (tertiary/aromatic N) is 2. The highest BCUT2D eigenvalue weighted by molar-refractivity contribution is 9.10. The lowest BCUT2D eigenvalue weighted by Gasteiger charge is -2.17. The summed E-state index contributed by atoms with van der Waals surface area (Å²) in [7, 11) is 0. The molecule has 1 fully saturated rings. The maximum Gasteiger partial charge on any atom is 0.229 e. The molecular weight excluding hydrogens is 287 g/mol. The molecule has 3 nitrogen and oxygen atoms in total. The van der Waals surface area contributed by atoms with E-state index >= 15 is 0 Å². The number of hydrogen-bond acceptors (Lipinski definition) is 3. The summed E-state index contributed by atoms with van der Waals surface area (Å²) in [5, 5.41) is 0. The van der Waals surface area contributed by atoms with Gasteiger partial charge < -0.3 is 4.90 Å². The number of hydrogen-bond donors (Lipinski definition) is 0. The highest BCUT2D eigenvalue weighted by Gasteiger charge is 2.28. The van der Waals surface area contributed by atoms with Crippen molar-refractivity contribution < 1.29 is 9.18 Å². The van der Waals surface area contributed by atoms with Gasteiger partial charge >= 0.3 is 0 Å². The second-order valence-corrected chi connectivity index (χ2v) is 5.05. The predicted octanol–water partition coefficient (Wildman–Crippen LogP) is 2.79. The number of carbonyl (C=O) groups excluding carboxylic acids is 1. The molecule has 0 aliphatic carbocycles. The van der Waals surface area contributed by atoms with Crippen molar-refractivity contribution in [2.24, 2.45) is 5.92 Å². The molecule has 1 aromatic heterocycles. The van der Waals surface area contributed by atoms with Crippen LogP contribution in [0.3, 0.4) is 0 Å². The van der Waals surface area contributed by atoms with Gasteiger partial charge in [-0.25, -0.2) is 4.98 Å². The predicted molar refractivity (Wildman–Crippen MR) is 67.5 cm³/mol. The molecule has 2 heterocycles. The summed E-state index contributed by atoms with van der Waals surface area (Å²) in [6, 6.07) is 3.42. The zero-order valence-electron chi connectivity index (χ0n) is 9.62. The molecule has 0 spiro atoms. The molecule has 0 unspecified atom stereocenters. The van der Waals surface area contributed by atoms with Gasteiger partial charge in [0.15, 0.2) is 0 Å². The average molecular weight is 301 g/mol. The lowest BCUT2D eigenvalue weighted by atomic mass is 10.0. The van der Waals surface area contributed by atoms with Gasteiger partial charge in [-0.15, -0.1) is 0 Å². The molecule has 5 heteroatoms. The van der Waals surface area contributed by atoms with E-state index in [0.29, 0.717) is 23.3 Å². The van der Waals surface area contributed by atoms with Crippen LogP contribution >= 0.6 is 15.9 Å². The van der Waals surface area contributed by atoms with Crippen molar-refractivity contribution in [1.29, 1.82) is 0 Å². The molecule has 1 aliphatic heterocycles. The number of halogens is 2. The lowest BCUT2D eigenvalue weighted by Crippen LogP contribution is -2.23. The van der Waals surface area contributed by atoms with E-state index in [4.69, 9.17) is 0 Å². The maximum absolute atomic E-state index is 13.3. The fourth-order valence-electron chi connectivity index (χ4n) is 2.10. The molecule has 0 N–H and O–H groups in total. The highest BCUT2D eigenvalue weighted by atomic mass is 79.9. The maximum atomic E-state index is 13.3. The van der Waals surface area contributed by atoms with Crippen LogP contribution in [0.4, 0.5) is 10.2 Å². The van der Waals surface area contributed by atoms with E-state index in [9.17, 15) is 9.18 Å². The third-order valence-corrected chi connectivity index (χ3v) is 3.70. The molecule has 2 rings (SSSR count). The SMILES string of the molecule is CCC(=O)[C@H]1CCN(c2ccc(Br)c(F)n2)C1. The number of anilines is 1. The Morgan fingerprint density at radius 2 is 2.41 bits per heavy atom. The largest absolute Gasteiger partial charge is 0.356 e. The molecule has 0 saturated carbocycles. The van der Waals surface area contributed by atoms with Gasteiger partial charge in [0.2, 0.25) is 5.95 Å². The van der Waals surface area contributed by atoms with Crippen LogP contribution < -0.4 is 4.90 Å². The van der Waals surface area contributed by atoms with Gasteiger partial charge in [-0.1, -0.05) is 6.92 Å². The Labute approximate surface area is 108 Å². The van der Waals surface area contributed by atoms with E-state index < -0.39 is 5.95 Å². The summed E-state index contributed by atoms with van der Waals surface area (Å²) in [6.07, 6.45) is 1.41. The van der Waals surface area contributed by atoms with Crippen LogP contribution in [0.15, 0.2) is 16.6 Å². The lowest BCUT2D eigenvalue weighted by molar-refractivity contribution is -0.121. The quantitative estimate of drug-likeness (QED) is 0.805. The number of aromatic nitrogens is 1. The Bertz CT molecular complexity index is 439. The minimum Gasteiger partial charge on any atom is -0.356 e. The summed E-state index contributed by atoms with van der Waals surface area (Å²) >= 11 is 3.07. The first-order valence-corrected chi connectivity index (χ1v) is 6.50. The molecule has 92 valence electrons. The summed E-state index contributed by atoms with van der Waals surface area (Å²) in [5.41, 5.74) is 0. The Balaban J connectivity index is 2.10. The van der Waals surface area contributed by atoms with Crippen molar-refractivity contribution >= 4 is 27.5 Å². The first kappa shape index (κ1) is 12.5. The van der Waals surface area contributed by atoms with E-state index in [0.717, 1.165) is 13.0 Å². The summed E-state index contributed by atoms with van der Waals surface area (Å²) < 4.78 is 13.7. The number of rotatable bonds is 3. The first-order valence-electron chi connectivity index (χ1n) is 5.71. The van der Waals surface area contributed by atoms with Crippen LogP contribution in [0.5, 0.6) is 0 Å². The van der Waals surface area contributed by atoms with Gasteiger partial charge in [0.05, 0.1) is 4.47 Å². The van der Waals surface area contributed by atoms with E-state index in [1.54, 1.807) is 12.1 Å². The second kappa shape index (κ2) is 5.12. The van der Waals surface area contributed by atoms with Gasteiger partial charge in [-0.3, -0.25) is 4.79 Å². The summed E-state index contributed by atoms with van der Waals surface area (Å²) in [5.74, 6) is 0.462. The fourth-order valence-corrected chi connectivity index (χ4v) is 2.32. The van der Waals surface area contributed by atoms with Crippen molar-refractivity contribution in [3.05, 3.63) is 22.6 Å². The molecule has 1 atom stereocenters. The van der Waals surface area contributed by atoms with Gasteiger partial charge in [0, 0.05) is 25.4 Å². The van der Waals surface area contributed by atoms with Gasteiger partial charge in [-0.2, -0.15) is 4.39 Å². The number of pyridine rings is 1. The average Bonchev–Trinajstić information content (AvgIpc) is 2.81. The standard InChI is InChI=1S/C12H14BrFN2O/c1-2-10(17)8-5-6-16(7-8)11-4-3-9(13)12(14)15-11/h3-4,8H,2,5-7H2,1H3/t8-/m0/s1. The van der Waals surface area contributed by atoms with Crippen LogP contribution in [-0.2, 0) is 4.79 Å². The second-order valence-electron chi connectivity index (χ2n) is 4.19. The van der Waals surface area contributed by atoms with E-state index in [-0.39, 0.29) is 11.7 Å². The van der Waals surface area contributed by atoms with Gasteiger partial charge in [-0.05, 0) is 34.5 Å². The number of ketones is 1. The monoisotopic (exact) mass is 300 g/mol. The Morgan fingerprint density at radius 3 is 3.06 bits per heavy atom. The van der Waals surface area contributed by atoms with E-state index in [1.807, 2.05) is 11.8 Å². The van der Waals surface area contributed by atoms with Crippen LogP contribution in [0.1, 0.15) is 19.8 Å². The normalized spacial score (nSPS) is 19.7. The smallest absolute Gasteiger partial charge is 0.229 e. The molecule has 17 heavy (non-hydrogen) atoms. The highest BCUT2D eigenvalue weighted by Crippen LogP contribution is 2.25. The minimum absolute atomic E-state index is 0.0773. The third-order valence-electron chi connectivity index (χ3n) is 3.10. The molecule has 1 aromatic rings. The molecule has 1 aliphatic rings. The number of Topliss-reactive ketones (excluding diaryl/α,β-unsaturated/α-hetero) is 1. The van der Waals surface area contributed by atoms with Crippen molar-refractivity contribution in [2.45, 2.75) is 19.8 Å². The Morgan fingerprint density at radius 1 is 1.65 bits per heavy atom. The van der Waals surface area contributed by atoms with Gasteiger partial charge in [0.25, 0.3) is 0 Å². The van der Waals surface area contributed by atoms with Gasteiger partial charge in [0.1, 0.15) is 11.6 Å². The Kier molecular flexibility index (Phi) is 3.76. The van der Waals surface area contributed by atoms with Crippen molar-refractivity contribution in [1.82, 2.24) is 4.98 Å². The third kappa shape index (κ3) is 2.65. The molecular formula is C12H14BrFN2O. The van der Waals surface area contributed by atoms with Crippen LogP contribution in [-0.4, -0.2) is 23.9 Å².